The van der Waals surface area contributed by atoms with Crippen molar-refractivity contribution >= 4 is 25.3 Å². The Labute approximate surface area is 94.7 Å². The molecule has 13 heavy (non-hydrogen) atoms. The molecule has 0 aliphatic carbocycles. The standard InChI is InChI=1S/C11H24S2/c1-8(2)7-9(3)11(12,13)10(4,5)6/h8-9,12-13H,7H2,1-6H3. The quantitative estimate of drug-likeness (QED) is 0.515. The highest BCUT2D eigenvalue weighted by Crippen LogP contribution is 2.46. The third-order valence-electron chi connectivity index (χ3n) is 2.62. The van der Waals surface area contributed by atoms with Crippen LogP contribution in [0.15, 0.2) is 0 Å². The Hall–Kier alpha value is 0.700. The van der Waals surface area contributed by atoms with Crippen LogP contribution in [0.2, 0.25) is 0 Å². The van der Waals surface area contributed by atoms with Gasteiger partial charge in [0.2, 0.25) is 0 Å². The molecule has 1 atom stereocenters. The molecule has 0 N–H and O–H groups in total. The van der Waals surface area contributed by atoms with Crippen molar-refractivity contribution in [3.05, 3.63) is 0 Å². The van der Waals surface area contributed by atoms with E-state index in [2.05, 4.69) is 41.5 Å². The van der Waals surface area contributed by atoms with Gasteiger partial charge in [-0.1, -0.05) is 41.5 Å². The average molecular weight is 220 g/mol. The van der Waals surface area contributed by atoms with Crippen molar-refractivity contribution in [3.63, 3.8) is 0 Å². The molecule has 0 saturated carbocycles. The summed E-state index contributed by atoms with van der Waals surface area (Å²) < 4.78 is -0.183. The number of thiol groups is 2. The molecule has 0 amide bonds. The zero-order valence-corrected chi connectivity index (χ0v) is 11.5. The molecule has 0 aromatic carbocycles. The Morgan fingerprint density at radius 1 is 1.00 bits per heavy atom. The largest absolute Gasteiger partial charge is 0.161 e. The van der Waals surface area contributed by atoms with E-state index in [0.717, 1.165) is 5.92 Å². The van der Waals surface area contributed by atoms with Crippen LogP contribution in [0.3, 0.4) is 0 Å². The van der Waals surface area contributed by atoms with Crippen molar-refractivity contribution < 1.29 is 0 Å². The van der Waals surface area contributed by atoms with Gasteiger partial charge in [0.05, 0.1) is 4.08 Å². The van der Waals surface area contributed by atoms with E-state index in [1.54, 1.807) is 0 Å². The normalized spacial score (nSPS) is 16.4. The number of hydrogen-bond donors (Lipinski definition) is 2. The summed E-state index contributed by atoms with van der Waals surface area (Å²) in [7, 11) is 0. The van der Waals surface area contributed by atoms with E-state index < -0.39 is 0 Å². The first-order valence-corrected chi connectivity index (χ1v) is 5.93. The summed E-state index contributed by atoms with van der Waals surface area (Å²) in [6.07, 6.45) is 1.18. The van der Waals surface area contributed by atoms with Gasteiger partial charge in [0.15, 0.2) is 0 Å². The molecule has 0 heterocycles. The second-order valence-electron chi connectivity index (χ2n) is 5.51. The fraction of sp³-hybridized carbons (Fsp3) is 1.00. The summed E-state index contributed by atoms with van der Waals surface area (Å²) in [5.41, 5.74) is 0.132. The predicted octanol–water partition coefficient (Wildman–Crippen LogP) is 4.27. The van der Waals surface area contributed by atoms with Gasteiger partial charge in [-0.15, -0.1) is 0 Å². The van der Waals surface area contributed by atoms with Crippen LogP contribution in [0.5, 0.6) is 0 Å². The van der Waals surface area contributed by atoms with Gasteiger partial charge in [-0.3, -0.25) is 0 Å². The molecule has 0 aromatic heterocycles. The summed E-state index contributed by atoms with van der Waals surface area (Å²) in [5.74, 6) is 1.25. The molecule has 2 heteroatoms. The van der Waals surface area contributed by atoms with Gasteiger partial charge in [0.1, 0.15) is 0 Å². The van der Waals surface area contributed by atoms with Crippen molar-refractivity contribution in [2.24, 2.45) is 17.3 Å². The monoisotopic (exact) mass is 220 g/mol. The number of hydrogen-bond acceptors (Lipinski definition) is 2. The maximum atomic E-state index is 4.70. The van der Waals surface area contributed by atoms with E-state index in [9.17, 15) is 0 Å². The zero-order chi connectivity index (χ0) is 10.9. The molecule has 0 nitrogen and oxygen atoms in total. The van der Waals surface area contributed by atoms with Gasteiger partial charge in [-0.2, -0.15) is 25.3 Å². The molecule has 0 fully saturated rings. The Balaban J connectivity index is 4.45. The van der Waals surface area contributed by atoms with Crippen LogP contribution in [-0.2, 0) is 0 Å². The van der Waals surface area contributed by atoms with E-state index in [0.29, 0.717) is 5.92 Å². The van der Waals surface area contributed by atoms with Gasteiger partial charge in [0.25, 0.3) is 0 Å². The molecule has 0 aliphatic rings. The Bertz CT molecular complexity index is 154. The van der Waals surface area contributed by atoms with Crippen molar-refractivity contribution in [3.8, 4) is 0 Å². The lowest BCUT2D eigenvalue weighted by molar-refractivity contribution is 0.270. The Kier molecular flexibility index (Phi) is 4.72. The van der Waals surface area contributed by atoms with Crippen molar-refractivity contribution in [2.75, 3.05) is 0 Å². The maximum Gasteiger partial charge on any atom is 0.0625 e. The lowest BCUT2D eigenvalue weighted by Gasteiger charge is -2.42. The molecule has 1 unspecified atom stereocenters. The molecule has 0 spiro atoms. The molecule has 80 valence electrons. The van der Waals surface area contributed by atoms with Crippen LogP contribution < -0.4 is 0 Å². The summed E-state index contributed by atoms with van der Waals surface area (Å²) in [6.45, 7) is 13.3. The smallest absolute Gasteiger partial charge is 0.0625 e. The first-order chi connectivity index (χ1) is 5.59. The Morgan fingerprint density at radius 3 is 1.62 bits per heavy atom. The lowest BCUT2D eigenvalue weighted by Crippen LogP contribution is -2.38. The van der Waals surface area contributed by atoms with Gasteiger partial charge < -0.3 is 0 Å². The summed E-state index contributed by atoms with van der Waals surface area (Å²) in [6, 6.07) is 0. The third kappa shape index (κ3) is 3.75. The van der Waals surface area contributed by atoms with Crippen LogP contribution >= 0.6 is 25.3 Å². The molecule has 0 rings (SSSR count). The van der Waals surface area contributed by atoms with E-state index in [4.69, 9.17) is 25.3 Å². The predicted molar refractivity (Wildman–Crippen MR) is 68.8 cm³/mol. The second kappa shape index (κ2) is 4.48. The van der Waals surface area contributed by atoms with E-state index in [1.807, 2.05) is 0 Å². The van der Waals surface area contributed by atoms with Gasteiger partial charge in [-0.05, 0) is 23.7 Å². The van der Waals surface area contributed by atoms with E-state index in [1.165, 1.54) is 6.42 Å². The highest BCUT2D eigenvalue weighted by Gasteiger charge is 2.39. The minimum Gasteiger partial charge on any atom is -0.161 e. The van der Waals surface area contributed by atoms with Crippen LogP contribution in [0.4, 0.5) is 0 Å². The lowest BCUT2D eigenvalue weighted by atomic mass is 9.80. The van der Waals surface area contributed by atoms with Crippen molar-refractivity contribution in [1.82, 2.24) is 0 Å². The highest BCUT2D eigenvalue weighted by molar-refractivity contribution is 8.00. The molecule has 0 bridgehead atoms. The molecule has 0 aromatic rings. The van der Waals surface area contributed by atoms with Crippen molar-refractivity contribution in [2.45, 2.75) is 52.0 Å². The SMILES string of the molecule is CC(C)CC(C)C(S)(S)C(C)(C)C. The molecular weight excluding hydrogens is 196 g/mol. The van der Waals surface area contributed by atoms with Crippen LogP contribution in [0.1, 0.15) is 48.0 Å². The molecule has 0 aliphatic heterocycles. The van der Waals surface area contributed by atoms with Gasteiger partial charge >= 0.3 is 0 Å². The maximum absolute atomic E-state index is 4.70. The van der Waals surface area contributed by atoms with Gasteiger partial charge in [0, 0.05) is 0 Å². The third-order valence-corrected chi connectivity index (χ3v) is 4.84. The van der Waals surface area contributed by atoms with E-state index >= 15 is 0 Å². The fourth-order valence-corrected chi connectivity index (χ4v) is 1.82. The van der Waals surface area contributed by atoms with Gasteiger partial charge in [-0.25, -0.2) is 0 Å². The second-order valence-corrected chi connectivity index (χ2v) is 7.27. The van der Waals surface area contributed by atoms with Crippen molar-refractivity contribution in [1.29, 1.82) is 0 Å². The van der Waals surface area contributed by atoms with Crippen LogP contribution in [0, 0.1) is 17.3 Å². The summed E-state index contributed by atoms with van der Waals surface area (Å²) in [4.78, 5) is 0. The van der Waals surface area contributed by atoms with E-state index in [-0.39, 0.29) is 9.49 Å². The van der Waals surface area contributed by atoms with Crippen LogP contribution in [0.25, 0.3) is 0 Å². The molecule has 0 radical (unpaired) electrons. The minimum atomic E-state index is -0.183. The summed E-state index contributed by atoms with van der Waals surface area (Å²) >= 11 is 9.40. The number of rotatable bonds is 3. The first kappa shape index (κ1) is 13.7. The zero-order valence-electron chi connectivity index (χ0n) is 9.76. The first-order valence-electron chi connectivity index (χ1n) is 5.03. The van der Waals surface area contributed by atoms with Crippen LogP contribution in [-0.4, -0.2) is 4.08 Å². The highest BCUT2D eigenvalue weighted by atomic mass is 32.2. The topological polar surface area (TPSA) is 0 Å². The average Bonchev–Trinajstić information content (AvgIpc) is 1.82. The molecule has 0 saturated heterocycles. The minimum absolute atomic E-state index is 0.132. The Morgan fingerprint density at radius 2 is 1.38 bits per heavy atom. The fourth-order valence-electron chi connectivity index (χ4n) is 1.61. The summed E-state index contributed by atoms with van der Waals surface area (Å²) in [5, 5.41) is 0. The molecular formula is C11H24S2.